The summed E-state index contributed by atoms with van der Waals surface area (Å²) < 4.78 is 6.32. The van der Waals surface area contributed by atoms with Crippen LogP contribution in [-0.2, 0) is 4.74 Å². The number of unbranched alkanes of at least 4 members (excludes halogenated alkanes) is 5. The molecule has 1 heteroatoms. The van der Waals surface area contributed by atoms with Gasteiger partial charge in [-0.2, -0.15) is 0 Å². The standard InChI is InChI=1S/C34H50O/c1-3-5-6-7-8-9-11-28-14-25-34(35-26-28)33-23-21-32(22-24-33)31-19-17-30(18-20-31)29-15-12-27(10-4-2)13-16-29/h17-24,27-29,34H,3-16,25-26H2,1-2H3. The molecular weight excluding hydrogens is 424 g/mol. The molecule has 1 saturated heterocycles. The molecule has 0 N–H and O–H groups in total. The lowest BCUT2D eigenvalue weighted by atomic mass is 9.77. The van der Waals surface area contributed by atoms with Crippen LogP contribution >= 0.6 is 0 Å². The van der Waals surface area contributed by atoms with Crippen molar-refractivity contribution in [1.82, 2.24) is 0 Å². The Morgan fingerprint density at radius 1 is 0.571 bits per heavy atom. The van der Waals surface area contributed by atoms with Gasteiger partial charge in [-0.05, 0) is 85.0 Å². The van der Waals surface area contributed by atoms with Crippen LogP contribution in [0.5, 0.6) is 0 Å². The van der Waals surface area contributed by atoms with Crippen LogP contribution in [-0.4, -0.2) is 6.61 Å². The van der Waals surface area contributed by atoms with Gasteiger partial charge < -0.3 is 4.74 Å². The molecule has 0 aromatic heterocycles. The van der Waals surface area contributed by atoms with E-state index in [2.05, 4.69) is 62.4 Å². The average Bonchev–Trinajstić information content (AvgIpc) is 2.92. The second-order valence-corrected chi connectivity index (χ2v) is 11.6. The van der Waals surface area contributed by atoms with E-state index in [1.807, 2.05) is 0 Å². The average molecular weight is 475 g/mol. The molecule has 1 nitrogen and oxygen atoms in total. The number of rotatable bonds is 12. The molecule has 35 heavy (non-hydrogen) atoms. The van der Waals surface area contributed by atoms with Crippen molar-refractivity contribution in [3.8, 4) is 11.1 Å². The van der Waals surface area contributed by atoms with Gasteiger partial charge in [-0.3, -0.25) is 0 Å². The van der Waals surface area contributed by atoms with Crippen molar-refractivity contribution in [3.63, 3.8) is 0 Å². The van der Waals surface area contributed by atoms with Gasteiger partial charge in [0, 0.05) is 0 Å². The van der Waals surface area contributed by atoms with Crippen molar-refractivity contribution >= 4 is 0 Å². The molecule has 1 aliphatic carbocycles. The Morgan fingerprint density at radius 3 is 1.77 bits per heavy atom. The summed E-state index contributed by atoms with van der Waals surface area (Å²) in [5.74, 6) is 2.53. The molecule has 0 spiro atoms. The van der Waals surface area contributed by atoms with Gasteiger partial charge in [0.05, 0.1) is 12.7 Å². The molecule has 1 saturated carbocycles. The third-order valence-corrected chi connectivity index (χ3v) is 8.88. The van der Waals surface area contributed by atoms with Crippen molar-refractivity contribution in [2.45, 2.75) is 122 Å². The highest BCUT2D eigenvalue weighted by atomic mass is 16.5. The van der Waals surface area contributed by atoms with Crippen LogP contribution in [0, 0.1) is 11.8 Å². The number of hydrogen-bond acceptors (Lipinski definition) is 1. The lowest BCUT2D eigenvalue weighted by molar-refractivity contribution is -0.0199. The summed E-state index contributed by atoms with van der Waals surface area (Å²) in [7, 11) is 0. The first-order chi connectivity index (χ1) is 17.3. The van der Waals surface area contributed by atoms with Gasteiger partial charge in [-0.1, -0.05) is 114 Å². The zero-order valence-electron chi connectivity index (χ0n) is 22.7. The molecule has 2 aromatic rings. The van der Waals surface area contributed by atoms with Crippen molar-refractivity contribution in [1.29, 1.82) is 0 Å². The topological polar surface area (TPSA) is 9.23 Å². The Morgan fingerprint density at radius 2 is 1.17 bits per heavy atom. The van der Waals surface area contributed by atoms with Crippen LogP contribution in [0.2, 0.25) is 0 Å². The lowest BCUT2D eigenvalue weighted by Crippen LogP contribution is -2.20. The van der Waals surface area contributed by atoms with Gasteiger partial charge in [-0.15, -0.1) is 0 Å². The van der Waals surface area contributed by atoms with Crippen LogP contribution in [0.4, 0.5) is 0 Å². The Labute approximate surface area is 216 Å². The zero-order valence-corrected chi connectivity index (χ0v) is 22.7. The van der Waals surface area contributed by atoms with Crippen LogP contribution in [0.25, 0.3) is 11.1 Å². The Kier molecular flexibility index (Phi) is 10.8. The highest BCUT2D eigenvalue weighted by Gasteiger charge is 2.23. The molecule has 0 radical (unpaired) electrons. The molecule has 2 fully saturated rings. The summed E-state index contributed by atoms with van der Waals surface area (Å²) >= 11 is 0. The highest BCUT2D eigenvalue weighted by molar-refractivity contribution is 5.64. The first-order valence-corrected chi connectivity index (χ1v) is 15.1. The smallest absolute Gasteiger partial charge is 0.0825 e. The maximum absolute atomic E-state index is 6.32. The fraction of sp³-hybridized carbons (Fsp3) is 0.647. The van der Waals surface area contributed by atoms with Crippen molar-refractivity contribution in [3.05, 3.63) is 59.7 Å². The maximum Gasteiger partial charge on any atom is 0.0825 e. The second-order valence-electron chi connectivity index (χ2n) is 11.6. The summed E-state index contributed by atoms with van der Waals surface area (Å²) in [5, 5.41) is 0. The zero-order chi connectivity index (χ0) is 24.3. The molecule has 0 bridgehead atoms. The normalized spacial score (nSPS) is 25.0. The molecule has 2 aliphatic rings. The molecule has 4 rings (SSSR count). The largest absolute Gasteiger partial charge is 0.373 e. The maximum atomic E-state index is 6.32. The van der Waals surface area contributed by atoms with Crippen molar-refractivity contribution in [2.75, 3.05) is 6.61 Å². The van der Waals surface area contributed by atoms with Crippen LogP contribution in [0.3, 0.4) is 0 Å². The van der Waals surface area contributed by atoms with E-state index < -0.39 is 0 Å². The molecule has 1 heterocycles. The summed E-state index contributed by atoms with van der Waals surface area (Å²) in [5.41, 5.74) is 5.56. The van der Waals surface area contributed by atoms with Crippen LogP contribution in [0.1, 0.15) is 133 Å². The Balaban J connectivity index is 1.21. The second kappa shape index (κ2) is 14.2. The third kappa shape index (κ3) is 7.94. The molecular formula is C34H50O. The van der Waals surface area contributed by atoms with Gasteiger partial charge >= 0.3 is 0 Å². The van der Waals surface area contributed by atoms with E-state index in [9.17, 15) is 0 Å². The van der Waals surface area contributed by atoms with Gasteiger partial charge in [-0.25, -0.2) is 0 Å². The molecule has 0 amide bonds. The van der Waals surface area contributed by atoms with Crippen molar-refractivity contribution < 1.29 is 4.74 Å². The Hall–Kier alpha value is -1.60. The minimum Gasteiger partial charge on any atom is -0.373 e. The SMILES string of the molecule is CCCCCCCCC1CCC(c2ccc(-c3ccc(C4CCC(CCC)CC4)cc3)cc2)OC1. The molecule has 2 aromatic carbocycles. The van der Waals surface area contributed by atoms with Crippen LogP contribution in [0.15, 0.2) is 48.5 Å². The van der Waals surface area contributed by atoms with Crippen molar-refractivity contribution in [2.24, 2.45) is 11.8 Å². The quantitative estimate of drug-likeness (QED) is 0.278. The predicted octanol–water partition coefficient (Wildman–Crippen LogP) is 10.6. The number of hydrogen-bond donors (Lipinski definition) is 0. The number of ether oxygens (including phenoxy) is 1. The highest BCUT2D eigenvalue weighted by Crippen LogP contribution is 2.38. The Bertz CT molecular complexity index is 820. The first-order valence-electron chi connectivity index (χ1n) is 15.1. The first kappa shape index (κ1) is 26.5. The van der Waals surface area contributed by atoms with E-state index in [0.717, 1.165) is 24.4 Å². The molecule has 2 unspecified atom stereocenters. The predicted molar refractivity (Wildman–Crippen MR) is 151 cm³/mol. The molecule has 192 valence electrons. The van der Waals surface area contributed by atoms with Gasteiger partial charge in [0.1, 0.15) is 0 Å². The fourth-order valence-corrected chi connectivity index (χ4v) is 6.54. The van der Waals surface area contributed by atoms with Gasteiger partial charge in [0.2, 0.25) is 0 Å². The lowest BCUT2D eigenvalue weighted by Gasteiger charge is -2.29. The summed E-state index contributed by atoms with van der Waals surface area (Å²) in [6.45, 7) is 5.57. The monoisotopic (exact) mass is 474 g/mol. The fourth-order valence-electron chi connectivity index (χ4n) is 6.54. The van der Waals surface area contributed by atoms with E-state index in [1.165, 1.54) is 113 Å². The summed E-state index contributed by atoms with van der Waals surface area (Å²) in [6, 6.07) is 18.7. The van der Waals surface area contributed by atoms with Gasteiger partial charge in [0.25, 0.3) is 0 Å². The van der Waals surface area contributed by atoms with E-state index >= 15 is 0 Å². The van der Waals surface area contributed by atoms with E-state index in [1.54, 1.807) is 5.56 Å². The summed E-state index contributed by atoms with van der Waals surface area (Å²) in [4.78, 5) is 0. The summed E-state index contributed by atoms with van der Waals surface area (Å²) in [6.07, 6.45) is 20.9. The minimum absolute atomic E-state index is 0.287. The van der Waals surface area contributed by atoms with Crippen LogP contribution < -0.4 is 0 Å². The number of benzene rings is 2. The molecule has 1 aliphatic heterocycles. The molecule has 2 atom stereocenters. The van der Waals surface area contributed by atoms with E-state index in [-0.39, 0.29) is 6.10 Å². The third-order valence-electron chi connectivity index (χ3n) is 8.88. The van der Waals surface area contributed by atoms with E-state index in [0.29, 0.717) is 0 Å². The van der Waals surface area contributed by atoms with E-state index in [4.69, 9.17) is 4.74 Å². The minimum atomic E-state index is 0.287. The van der Waals surface area contributed by atoms with Gasteiger partial charge in [0.15, 0.2) is 0 Å².